The van der Waals surface area contributed by atoms with Crippen molar-refractivity contribution in [1.29, 1.82) is 0 Å². The Kier molecular flexibility index (Phi) is 11.1. The van der Waals surface area contributed by atoms with Gasteiger partial charge in [-0.1, -0.05) is 6.07 Å². The van der Waals surface area contributed by atoms with Gasteiger partial charge in [0, 0.05) is 68.7 Å². The molecule has 4 N–H and O–H groups in total. The Bertz CT molecular complexity index is 2620. The number of nitrogens with zero attached hydrogens (tertiary/aromatic N) is 6. The van der Waals surface area contributed by atoms with Crippen molar-refractivity contribution in [2.24, 2.45) is 17.3 Å². The second kappa shape index (κ2) is 16.5. The number of imide groups is 2. The number of piperidine rings is 1. The third-order valence-corrected chi connectivity index (χ3v) is 13.4. The lowest BCUT2D eigenvalue weighted by Gasteiger charge is -2.28. The van der Waals surface area contributed by atoms with Crippen molar-refractivity contribution in [3.8, 4) is 11.5 Å². The summed E-state index contributed by atoms with van der Waals surface area (Å²) in [6, 6.07) is 10.5. The van der Waals surface area contributed by atoms with Crippen LogP contribution in [0.15, 0.2) is 48.5 Å². The molecule has 1 aromatic heterocycles. The first-order chi connectivity index (χ1) is 30.9. The number of nitrogen functional groups attached to an aromatic ring is 1. The number of alkyl halides is 3. The molecule has 3 saturated heterocycles. The van der Waals surface area contributed by atoms with Gasteiger partial charge >= 0.3 is 6.18 Å². The first-order valence-corrected chi connectivity index (χ1v) is 21.7. The molecule has 4 fully saturated rings. The molecule has 342 valence electrons. The molecule has 5 aliphatic rings. The van der Waals surface area contributed by atoms with Crippen LogP contribution in [-0.4, -0.2) is 120 Å². The summed E-state index contributed by atoms with van der Waals surface area (Å²) in [4.78, 5) is 81.4. The normalized spacial score (nSPS) is 21.9. The Morgan fingerprint density at radius 2 is 1.75 bits per heavy atom. The van der Waals surface area contributed by atoms with Crippen LogP contribution in [0.3, 0.4) is 0 Å². The number of halogens is 3. The lowest BCUT2D eigenvalue weighted by molar-refractivity contribution is -0.138. The number of hydrogen-bond acceptors (Lipinski definition) is 13. The summed E-state index contributed by atoms with van der Waals surface area (Å²) >= 11 is 0. The highest BCUT2D eigenvalue weighted by atomic mass is 19.4. The van der Waals surface area contributed by atoms with Gasteiger partial charge in [0.2, 0.25) is 17.7 Å². The van der Waals surface area contributed by atoms with E-state index in [1.165, 1.54) is 13.2 Å². The topological polar surface area (TPSA) is 193 Å². The molecule has 0 bridgehead atoms. The van der Waals surface area contributed by atoms with Crippen molar-refractivity contribution in [1.82, 2.24) is 30.0 Å². The molecule has 65 heavy (non-hydrogen) atoms. The van der Waals surface area contributed by atoms with Gasteiger partial charge < -0.3 is 30.3 Å². The molecule has 4 aromatic rings. The SMILES string of the molecule is COc1cc2nc(C)nc(N[C@H](C)c3cc(N)cc(C(F)(F)F)c3)c2cc1OCC1(CN(C)C(=O)CN2CC3CN(c4cccc5c4C(=O)N(C4CCC(=O)NC4=O)C5=O)CC3C2)CC1. The minimum Gasteiger partial charge on any atom is -0.493 e. The summed E-state index contributed by atoms with van der Waals surface area (Å²) in [6.07, 6.45) is -2.70. The molecule has 1 aliphatic carbocycles. The van der Waals surface area contributed by atoms with Gasteiger partial charge in [-0.15, -0.1) is 0 Å². The number of aromatic nitrogens is 2. The molecule has 0 radical (unpaired) electrons. The van der Waals surface area contributed by atoms with E-state index in [1.807, 2.05) is 6.07 Å². The Balaban J connectivity index is 0.809. The van der Waals surface area contributed by atoms with Crippen molar-refractivity contribution in [3.63, 3.8) is 0 Å². The van der Waals surface area contributed by atoms with Crippen LogP contribution in [0.25, 0.3) is 10.9 Å². The maximum Gasteiger partial charge on any atom is 0.416 e. The first-order valence-electron chi connectivity index (χ1n) is 21.7. The van der Waals surface area contributed by atoms with Crippen LogP contribution in [0, 0.1) is 24.2 Å². The maximum atomic E-state index is 13.7. The Labute approximate surface area is 372 Å². The largest absolute Gasteiger partial charge is 0.493 e. The highest BCUT2D eigenvalue weighted by Crippen LogP contribution is 2.48. The fraction of sp³-hybridized carbons (Fsp3) is 0.457. The number of nitrogens with two attached hydrogens (primary N) is 1. The second-order valence-corrected chi connectivity index (χ2v) is 18.2. The van der Waals surface area contributed by atoms with Gasteiger partial charge in [-0.05, 0) is 86.9 Å². The number of benzene rings is 3. The van der Waals surface area contributed by atoms with E-state index in [0.29, 0.717) is 84.6 Å². The molecule has 4 atom stereocenters. The van der Waals surface area contributed by atoms with Crippen LogP contribution in [0.4, 0.5) is 30.4 Å². The zero-order chi connectivity index (χ0) is 46.1. The third-order valence-electron chi connectivity index (χ3n) is 13.4. The minimum atomic E-state index is -4.56. The number of rotatable bonds is 13. The van der Waals surface area contributed by atoms with Crippen LogP contribution in [0.2, 0.25) is 0 Å². The average molecular weight is 898 g/mol. The first kappa shape index (κ1) is 43.7. The van der Waals surface area contributed by atoms with Crippen LogP contribution >= 0.6 is 0 Å². The molecular weight excluding hydrogens is 848 g/mol. The number of hydrogen-bond donors (Lipinski definition) is 3. The van der Waals surface area contributed by atoms with Gasteiger partial charge in [0.05, 0.1) is 54.2 Å². The number of nitrogens with one attached hydrogen (secondary N) is 2. The summed E-state index contributed by atoms with van der Waals surface area (Å²) in [5.41, 5.74) is 6.83. The van der Waals surface area contributed by atoms with E-state index in [2.05, 4.69) is 30.4 Å². The highest BCUT2D eigenvalue weighted by Gasteiger charge is 2.49. The van der Waals surface area contributed by atoms with E-state index in [0.717, 1.165) is 29.9 Å². The van der Waals surface area contributed by atoms with Gasteiger partial charge in [0.1, 0.15) is 17.7 Å². The zero-order valence-electron chi connectivity index (χ0n) is 36.5. The molecule has 3 aromatic carbocycles. The third kappa shape index (κ3) is 8.48. The van der Waals surface area contributed by atoms with Crippen molar-refractivity contribution in [3.05, 3.63) is 76.6 Å². The lowest BCUT2D eigenvalue weighted by atomic mass is 10.0. The summed E-state index contributed by atoms with van der Waals surface area (Å²) < 4.78 is 52.9. The summed E-state index contributed by atoms with van der Waals surface area (Å²) in [6.45, 7) is 7.21. The summed E-state index contributed by atoms with van der Waals surface area (Å²) in [5, 5.41) is 6.07. The van der Waals surface area contributed by atoms with Crippen LogP contribution in [-0.2, 0) is 20.6 Å². The molecular formula is C46H50F3N9O7. The van der Waals surface area contributed by atoms with E-state index in [1.54, 1.807) is 50.1 Å². The van der Waals surface area contributed by atoms with E-state index in [-0.39, 0.29) is 59.4 Å². The molecule has 5 heterocycles. The Morgan fingerprint density at radius 3 is 2.43 bits per heavy atom. The number of likely N-dealkylation sites (N-methyl/N-ethyl adjacent to an activating group) is 1. The molecule has 0 spiro atoms. The number of methoxy groups -OCH3 is 1. The quantitative estimate of drug-likeness (QED) is 0.123. The predicted molar refractivity (Wildman–Crippen MR) is 232 cm³/mol. The van der Waals surface area contributed by atoms with E-state index < -0.39 is 47.5 Å². The van der Waals surface area contributed by atoms with Gasteiger partial charge in [-0.25, -0.2) is 9.97 Å². The number of aryl methyl sites for hydroxylation is 1. The number of likely N-dealkylation sites (tertiary alicyclic amines) is 1. The smallest absolute Gasteiger partial charge is 0.416 e. The van der Waals surface area contributed by atoms with Crippen molar-refractivity contribution in [2.75, 3.05) is 76.0 Å². The molecule has 1 saturated carbocycles. The lowest BCUT2D eigenvalue weighted by Crippen LogP contribution is -2.54. The summed E-state index contributed by atoms with van der Waals surface area (Å²) in [5.74, 6) is 0.0925. The molecule has 19 heteroatoms. The van der Waals surface area contributed by atoms with Crippen molar-refractivity contribution < 1.29 is 46.6 Å². The minimum absolute atomic E-state index is 0.00276. The fourth-order valence-electron chi connectivity index (χ4n) is 9.85. The molecule has 4 aliphatic heterocycles. The predicted octanol–water partition coefficient (Wildman–Crippen LogP) is 4.81. The molecule has 9 rings (SSSR count). The number of carbonyl (C=O) groups excluding carboxylic acids is 5. The standard InChI is InChI=1S/C46H50F3N9O7/c1-24(26-12-29(46(47,48)49)14-30(50)13-26)51-41-32-15-37(36(64-4)16-33(32)52-25(2)53-41)65-23-45(10-11-45)22-55(3)39(60)21-56-17-27-19-57(20-28(27)18-56)34-7-5-6-31-40(34)44(63)58(43(31)62)35-8-9-38(59)54-42(35)61/h5-7,12-16,24,27-28,35H,8-11,17-23,50H2,1-4H3,(H,51,52,53)(H,54,59,61)/t24-,27?,28?,35?/m1/s1. The van der Waals surface area contributed by atoms with Crippen LogP contribution in [0.1, 0.15) is 76.3 Å². The van der Waals surface area contributed by atoms with Crippen molar-refractivity contribution >= 4 is 57.6 Å². The van der Waals surface area contributed by atoms with Gasteiger partial charge in [0.25, 0.3) is 11.8 Å². The zero-order valence-corrected chi connectivity index (χ0v) is 36.5. The molecule has 5 amide bonds. The van der Waals surface area contributed by atoms with Gasteiger partial charge in [-0.3, -0.25) is 39.1 Å². The van der Waals surface area contributed by atoms with Crippen LogP contribution < -0.4 is 30.7 Å². The second-order valence-electron chi connectivity index (χ2n) is 18.2. The molecule has 3 unspecified atom stereocenters. The monoisotopic (exact) mass is 897 g/mol. The number of carbonyl (C=O) groups is 5. The number of anilines is 3. The Hall–Kier alpha value is -6.50. The summed E-state index contributed by atoms with van der Waals surface area (Å²) in [7, 11) is 3.33. The van der Waals surface area contributed by atoms with Gasteiger partial charge in [0.15, 0.2) is 11.5 Å². The van der Waals surface area contributed by atoms with E-state index in [9.17, 15) is 37.1 Å². The average Bonchev–Trinajstić information content (AvgIpc) is 3.62. The fourth-order valence-corrected chi connectivity index (χ4v) is 9.85. The van der Waals surface area contributed by atoms with Crippen molar-refractivity contribution in [2.45, 2.75) is 57.8 Å². The number of amides is 5. The molecule has 16 nitrogen and oxygen atoms in total. The van der Waals surface area contributed by atoms with Crippen LogP contribution in [0.5, 0.6) is 11.5 Å². The highest BCUT2D eigenvalue weighted by molar-refractivity contribution is 6.25. The van der Waals surface area contributed by atoms with Gasteiger partial charge in [-0.2, -0.15) is 13.2 Å². The Morgan fingerprint density at radius 1 is 1.02 bits per heavy atom. The van der Waals surface area contributed by atoms with E-state index >= 15 is 0 Å². The number of fused-ring (bicyclic) bond motifs is 3. The maximum absolute atomic E-state index is 13.7. The number of ether oxygens (including phenoxy) is 2. The van der Waals surface area contributed by atoms with E-state index in [4.69, 9.17) is 15.2 Å².